The summed E-state index contributed by atoms with van der Waals surface area (Å²) in [7, 11) is 0. The quantitative estimate of drug-likeness (QED) is 0.352. The monoisotopic (exact) mass is 464 g/mol. The minimum atomic E-state index is -4.47. The van der Waals surface area contributed by atoms with Gasteiger partial charge in [-0.1, -0.05) is 31.2 Å². The standard InChI is InChI=1S/C22H23F3N4O2S/c1-3-4-12-31-18-10-8-15(9-11-18)20(30)26-14-19-27-28-21(32-2)29(19)17-7-5-6-16(13-17)22(23,24)25/h5-11,13H,3-4,12,14H2,1-2H3,(H,26,30). The Morgan fingerprint density at radius 1 is 1.16 bits per heavy atom. The highest BCUT2D eigenvalue weighted by atomic mass is 32.2. The van der Waals surface area contributed by atoms with Gasteiger partial charge in [0.05, 0.1) is 24.4 Å². The molecule has 0 bridgehead atoms. The minimum absolute atomic E-state index is 0.00259. The van der Waals surface area contributed by atoms with Gasteiger partial charge in [-0.25, -0.2) is 0 Å². The van der Waals surface area contributed by atoms with Crippen LogP contribution in [0.1, 0.15) is 41.5 Å². The van der Waals surface area contributed by atoms with Crippen molar-refractivity contribution >= 4 is 17.7 Å². The summed E-state index contributed by atoms with van der Waals surface area (Å²) >= 11 is 1.25. The largest absolute Gasteiger partial charge is 0.494 e. The molecule has 0 aliphatic carbocycles. The number of halogens is 3. The molecule has 10 heteroatoms. The van der Waals surface area contributed by atoms with Crippen LogP contribution in [0, 0.1) is 0 Å². The molecule has 1 aromatic heterocycles. The van der Waals surface area contributed by atoms with Gasteiger partial charge in [0.25, 0.3) is 5.91 Å². The first-order valence-electron chi connectivity index (χ1n) is 10.0. The van der Waals surface area contributed by atoms with Crippen molar-refractivity contribution in [3.63, 3.8) is 0 Å². The lowest BCUT2D eigenvalue weighted by molar-refractivity contribution is -0.137. The second kappa shape index (κ2) is 10.5. The number of ether oxygens (including phenoxy) is 1. The van der Waals surface area contributed by atoms with Crippen LogP contribution >= 0.6 is 11.8 Å². The van der Waals surface area contributed by atoms with Crippen molar-refractivity contribution in [2.75, 3.05) is 12.9 Å². The van der Waals surface area contributed by atoms with Gasteiger partial charge in [-0.3, -0.25) is 9.36 Å². The van der Waals surface area contributed by atoms with Gasteiger partial charge in [-0.15, -0.1) is 10.2 Å². The fourth-order valence-electron chi connectivity index (χ4n) is 2.93. The van der Waals surface area contributed by atoms with Crippen molar-refractivity contribution in [2.45, 2.75) is 37.6 Å². The topological polar surface area (TPSA) is 69.0 Å². The fraction of sp³-hybridized carbons (Fsp3) is 0.318. The maximum Gasteiger partial charge on any atom is 0.416 e. The Labute approximate surface area is 188 Å². The van der Waals surface area contributed by atoms with Gasteiger partial charge in [-0.05, 0) is 55.1 Å². The molecule has 3 rings (SSSR count). The lowest BCUT2D eigenvalue weighted by Gasteiger charge is -2.13. The van der Waals surface area contributed by atoms with Crippen molar-refractivity contribution < 1.29 is 22.7 Å². The van der Waals surface area contributed by atoms with E-state index in [1.807, 2.05) is 0 Å². The summed E-state index contributed by atoms with van der Waals surface area (Å²) in [4.78, 5) is 12.5. The maximum atomic E-state index is 13.1. The van der Waals surface area contributed by atoms with Crippen LogP contribution in [-0.2, 0) is 12.7 Å². The van der Waals surface area contributed by atoms with E-state index in [9.17, 15) is 18.0 Å². The first kappa shape index (κ1) is 23.6. The van der Waals surface area contributed by atoms with Gasteiger partial charge < -0.3 is 10.1 Å². The Bertz CT molecular complexity index is 1050. The van der Waals surface area contributed by atoms with Crippen LogP contribution in [0.5, 0.6) is 5.75 Å². The predicted molar refractivity (Wildman–Crippen MR) is 116 cm³/mol. The highest BCUT2D eigenvalue weighted by molar-refractivity contribution is 7.98. The normalized spacial score (nSPS) is 11.4. The number of rotatable bonds is 9. The summed E-state index contributed by atoms with van der Waals surface area (Å²) in [5.41, 5.74) is -0.0675. The van der Waals surface area contributed by atoms with E-state index in [-0.39, 0.29) is 18.1 Å². The summed E-state index contributed by atoms with van der Waals surface area (Å²) in [6.45, 7) is 2.69. The molecule has 3 aromatic rings. The van der Waals surface area contributed by atoms with Gasteiger partial charge in [0.15, 0.2) is 11.0 Å². The zero-order chi connectivity index (χ0) is 23.1. The summed E-state index contributed by atoms with van der Waals surface area (Å²) < 4.78 is 46.5. The molecule has 0 saturated carbocycles. The molecule has 2 aromatic carbocycles. The second-order valence-electron chi connectivity index (χ2n) is 6.90. The zero-order valence-electron chi connectivity index (χ0n) is 17.6. The van der Waals surface area contributed by atoms with E-state index < -0.39 is 11.7 Å². The Morgan fingerprint density at radius 2 is 1.91 bits per heavy atom. The number of thioether (sulfide) groups is 1. The number of amides is 1. The first-order chi connectivity index (χ1) is 15.3. The van der Waals surface area contributed by atoms with Gasteiger partial charge in [0.1, 0.15) is 5.75 Å². The van der Waals surface area contributed by atoms with Gasteiger partial charge in [-0.2, -0.15) is 13.2 Å². The number of hydrogen-bond acceptors (Lipinski definition) is 5. The van der Waals surface area contributed by atoms with Crippen LogP contribution < -0.4 is 10.1 Å². The third-order valence-corrected chi connectivity index (χ3v) is 5.23. The number of benzene rings is 2. The fourth-order valence-corrected chi connectivity index (χ4v) is 3.44. The molecule has 6 nitrogen and oxygen atoms in total. The molecule has 170 valence electrons. The molecule has 0 aliphatic heterocycles. The molecule has 0 aliphatic rings. The number of unbranched alkanes of at least 4 members (excludes halogenated alkanes) is 1. The van der Waals surface area contributed by atoms with Crippen molar-refractivity contribution in [3.05, 3.63) is 65.5 Å². The maximum absolute atomic E-state index is 13.1. The van der Waals surface area contributed by atoms with Gasteiger partial charge in [0.2, 0.25) is 0 Å². The summed E-state index contributed by atoms with van der Waals surface area (Å²) in [6, 6.07) is 11.7. The van der Waals surface area contributed by atoms with E-state index in [2.05, 4.69) is 22.4 Å². The highest BCUT2D eigenvalue weighted by Crippen LogP contribution is 2.31. The lowest BCUT2D eigenvalue weighted by Crippen LogP contribution is -2.24. The van der Waals surface area contributed by atoms with E-state index in [1.54, 1.807) is 36.6 Å². The smallest absolute Gasteiger partial charge is 0.416 e. The van der Waals surface area contributed by atoms with Crippen LogP contribution in [0.2, 0.25) is 0 Å². The first-order valence-corrected chi connectivity index (χ1v) is 11.2. The van der Waals surface area contributed by atoms with E-state index in [1.165, 1.54) is 22.4 Å². The van der Waals surface area contributed by atoms with Crippen molar-refractivity contribution in [3.8, 4) is 11.4 Å². The average Bonchev–Trinajstić information content (AvgIpc) is 3.20. The third-order valence-electron chi connectivity index (χ3n) is 4.60. The van der Waals surface area contributed by atoms with Crippen LogP contribution in [0.25, 0.3) is 5.69 Å². The molecule has 32 heavy (non-hydrogen) atoms. The molecule has 0 unspecified atom stereocenters. The van der Waals surface area contributed by atoms with Crippen molar-refractivity contribution in [1.29, 1.82) is 0 Å². The predicted octanol–water partition coefficient (Wildman–Crippen LogP) is 5.12. The second-order valence-corrected chi connectivity index (χ2v) is 7.67. The Kier molecular flexibility index (Phi) is 7.79. The molecule has 0 spiro atoms. The minimum Gasteiger partial charge on any atom is -0.494 e. The number of carbonyl (C=O) groups is 1. The molecule has 0 radical (unpaired) electrons. The van der Waals surface area contributed by atoms with Crippen LogP contribution in [0.3, 0.4) is 0 Å². The molecule has 0 atom stereocenters. The molecular weight excluding hydrogens is 441 g/mol. The number of hydrogen-bond donors (Lipinski definition) is 1. The van der Waals surface area contributed by atoms with Crippen LogP contribution in [0.15, 0.2) is 53.7 Å². The number of carbonyl (C=O) groups excluding carboxylic acids is 1. The summed E-state index contributed by atoms with van der Waals surface area (Å²) in [5.74, 6) is 0.667. The van der Waals surface area contributed by atoms with Gasteiger partial charge >= 0.3 is 6.18 Å². The average molecular weight is 465 g/mol. The lowest BCUT2D eigenvalue weighted by atomic mass is 10.2. The van der Waals surface area contributed by atoms with E-state index in [0.29, 0.717) is 28.9 Å². The summed E-state index contributed by atoms with van der Waals surface area (Å²) in [5, 5.41) is 11.2. The van der Waals surface area contributed by atoms with Gasteiger partial charge in [0, 0.05) is 5.56 Å². The van der Waals surface area contributed by atoms with Crippen molar-refractivity contribution in [2.24, 2.45) is 0 Å². The Morgan fingerprint density at radius 3 is 2.56 bits per heavy atom. The number of nitrogens with zero attached hydrogens (tertiary/aromatic N) is 3. The molecule has 1 N–H and O–H groups in total. The number of nitrogens with one attached hydrogen (secondary N) is 1. The molecule has 0 fully saturated rings. The third kappa shape index (κ3) is 5.82. The SMILES string of the molecule is CCCCOc1ccc(C(=O)NCc2nnc(SC)n2-c2cccc(C(F)(F)F)c2)cc1. The summed E-state index contributed by atoms with van der Waals surface area (Å²) in [6.07, 6.45) is -0.734. The highest BCUT2D eigenvalue weighted by Gasteiger charge is 2.31. The zero-order valence-corrected chi connectivity index (χ0v) is 18.5. The molecular formula is C22H23F3N4O2S. The Balaban J connectivity index is 1.74. The molecule has 0 saturated heterocycles. The number of alkyl halides is 3. The van der Waals surface area contributed by atoms with Crippen LogP contribution in [0.4, 0.5) is 13.2 Å². The number of aromatic nitrogens is 3. The Hall–Kier alpha value is -3.01. The van der Waals surface area contributed by atoms with E-state index in [4.69, 9.17) is 4.74 Å². The molecule has 1 amide bonds. The van der Waals surface area contributed by atoms with E-state index >= 15 is 0 Å². The van der Waals surface area contributed by atoms with E-state index in [0.717, 1.165) is 25.0 Å². The molecule has 1 heterocycles. The van der Waals surface area contributed by atoms with Crippen LogP contribution in [-0.4, -0.2) is 33.5 Å². The van der Waals surface area contributed by atoms with Crippen molar-refractivity contribution in [1.82, 2.24) is 20.1 Å².